The summed E-state index contributed by atoms with van der Waals surface area (Å²) in [6.07, 6.45) is 5.22. The molecule has 0 saturated carbocycles. The molecule has 1 aliphatic rings. The number of amides is 2. The van der Waals surface area contributed by atoms with Gasteiger partial charge in [-0.1, -0.05) is 0 Å². The summed E-state index contributed by atoms with van der Waals surface area (Å²) in [7, 11) is 0. The van der Waals surface area contributed by atoms with Crippen LogP contribution < -0.4 is 5.32 Å². The fourth-order valence-electron chi connectivity index (χ4n) is 1.63. The Hall–Kier alpha value is -2.13. The van der Waals surface area contributed by atoms with Gasteiger partial charge < -0.3 is 5.11 Å². The minimum Gasteiger partial charge on any atom is -0.481 e. The first-order valence-corrected chi connectivity index (χ1v) is 7.55. The van der Waals surface area contributed by atoms with Crippen LogP contribution in [0.2, 0.25) is 0 Å². The average Bonchev–Trinajstić information content (AvgIpc) is 2.93. The second kappa shape index (κ2) is 6.75. The fourth-order valence-corrected chi connectivity index (χ4v) is 2.69. The number of carbonyl (C=O) groups is 3. The molecule has 0 bridgehead atoms. The molecule has 3 heterocycles. The molecule has 0 aliphatic carbocycles. The molecule has 9 heteroatoms. The quantitative estimate of drug-likeness (QED) is 0.733. The standard InChI is InChI=1S/C11H6BrN3O2S.C2H4O2/c12-8-4-13-9-2-1-6(5-15(8)9)3-7-10(16)14-11(17)18-7;1-2(3)4/h1-5H,(H,14,16,17);1H3,(H,3,4). The van der Waals surface area contributed by atoms with Gasteiger partial charge in [-0.15, -0.1) is 0 Å². The van der Waals surface area contributed by atoms with E-state index < -0.39 is 5.97 Å². The second-order valence-corrected chi connectivity index (χ2v) is 5.97. The maximum Gasteiger partial charge on any atom is 0.300 e. The summed E-state index contributed by atoms with van der Waals surface area (Å²) in [5, 5.41) is 9.30. The zero-order valence-electron chi connectivity index (χ0n) is 11.2. The van der Waals surface area contributed by atoms with Crippen molar-refractivity contribution in [1.29, 1.82) is 0 Å². The van der Waals surface area contributed by atoms with Crippen molar-refractivity contribution in [3.63, 3.8) is 0 Å². The van der Waals surface area contributed by atoms with Crippen molar-refractivity contribution < 1.29 is 19.5 Å². The van der Waals surface area contributed by atoms with Crippen LogP contribution in [0, 0.1) is 0 Å². The summed E-state index contributed by atoms with van der Waals surface area (Å²) in [5.41, 5.74) is 1.64. The molecule has 22 heavy (non-hydrogen) atoms. The summed E-state index contributed by atoms with van der Waals surface area (Å²) >= 11 is 4.28. The number of thioether (sulfide) groups is 1. The van der Waals surface area contributed by atoms with E-state index in [2.05, 4.69) is 26.2 Å². The van der Waals surface area contributed by atoms with E-state index in [4.69, 9.17) is 9.90 Å². The highest BCUT2D eigenvalue weighted by Crippen LogP contribution is 2.26. The number of nitrogens with one attached hydrogen (secondary N) is 1. The highest BCUT2D eigenvalue weighted by atomic mass is 79.9. The number of hydrogen-bond donors (Lipinski definition) is 2. The van der Waals surface area contributed by atoms with Crippen LogP contribution in [-0.4, -0.2) is 31.6 Å². The van der Waals surface area contributed by atoms with Crippen LogP contribution in [0.1, 0.15) is 12.5 Å². The Balaban J connectivity index is 0.000000396. The zero-order valence-corrected chi connectivity index (χ0v) is 13.6. The summed E-state index contributed by atoms with van der Waals surface area (Å²) < 4.78 is 2.68. The number of imide groups is 1. The lowest BCUT2D eigenvalue weighted by Gasteiger charge is -1.98. The Labute approximate surface area is 137 Å². The molecule has 0 atom stereocenters. The summed E-state index contributed by atoms with van der Waals surface area (Å²) in [4.78, 5) is 36.0. The first-order chi connectivity index (χ1) is 10.4. The molecule has 1 saturated heterocycles. The van der Waals surface area contributed by atoms with Gasteiger partial charge in [0.25, 0.3) is 17.1 Å². The Kier molecular flexibility index (Phi) is 4.99. The monoisotopic (exact) mass is 383 g/mol. The van der Waals surface area contributed by atoms with Crippen LogP contribution in [0.5, 0.6) is 0 Å². The van der Waals surface area contributed by atoms with E-state index in [1.807, 2.05) is 22.7 Å². The molecule has 2 aromatic rings. The third kappa shape index (κ3) is 3.95. The molecule has 1 aliphatic heterocycles. The van der Waals surface area contributed by atoms with E-state index in [1.165, 1.54) is 0 Å². The SMILES string of the molecule is CC(=O)O.O=C1NC(=O)C(=Cc2ccc3ncc(Br)n3c2)S1. The van der Waals surface area contributed by atoms with Gasteiger partial charge in [-0.2, -0.15) is 0 Å². The first kappa shape index (κ1) is 16.2. The van der Waals surface area contributed by atoms with Crippen LogP contribution >= 0.6 is 27.7 Å². The minimum absolute atomic E-state index is 0.337. The number of aromatic nitrogens is 2. The van der Waals surface area contributed by atoms with E-state index >= 15 is 0 Å². The molecule has 2 aromatic heterocycles. The number of imidazole rings is 1. The summed E-state index contributed by atoms with van der Waals surface area (Å²) in [6, 6.07) is 3.69. The van der Waals surface area contributed by atoms with E-state index in [9.17, 15) is 9.59 Å². The minimum atomic E-state index is -0.833. The van der Waals surface area contributed by atoms with Crippen molar-refractivity contribution in [3.8, 4) is 0 Å². The molecule has 3 rings (SSSR count). The molecule has 7 nitrogen and oxygen atoms in total. The van der Waals surface area contributed by atoms with Crippen LogP contribution in [-0.2, 0) is 9.59 Å². The van der Waals surface area contributed by atoms with Crippen molar-refractivity contribution in [2.75, 3.05) is 0 Å². The Bertz CT molecular complexity index is 796. The third-order valence-corrected chi connectivity index (χ3v) is 3.82. The highest BCUT2D eigenvalue weighted by Gasteiger charge is 2.24. The highest BCUT2D eigenvalue weighted by molar-refractivity contribution is 9.10. The van der Waals surface area contributed by atoms with Crippen molar-refractivity contribution in [3.05, 3.63) is 39.6 Å². The number of nitrogens with zero attached hydrogens (tertiary/aromatic N) is 2. The third-order valence-electron chi connectivity index (χ3n) is 2.42. The average molecular weight is 384 g/mol. The maximum atomic E-state index is 11.4. The molecule has 114 valence electrons. The molecule has 0 aromatic carbocycles. The number of carbonyl (C=O) groups excluding carboxylic acids is 2. The number of carboxylic acids is 1. The van der Waals surface area contributed by atoms with Gasteiger partial charge in [0.15, 0.2) is 0 Å². The molecular weight excluding hydrogens is 374 g/mol. The number of halogens is 1. The van der Waals surface area contributed by atoms with Crippen LogP contribution in [0.15, 0.2) is 34.0 Å². The second-order valence-electron chi connectivity index (χ2n) is 4.14. The number of fused-ring (bicyclic) bond motifs is 1. The molecule has 0 radical (unpaired) electrons. The predicted octanol–water partition coefficient (Wildman–Crippen LogP) is 2.51. The number of pyridine rings is 1. The van der Waals surface area contributed by atoms with Gasteiger partial charge in [-0.25, -0.2) is 4.98 Å². The van der Waals surface area contributed by atoms with Gasteiger partial charge in [-0.05, 0) is 51.5 Å². The predicted molar refractivity (Wildman–Crippen MR) is 85.3 cm³/mol. The van der Waals surface area contributed by atoms with Gasteiger partial charge in [0.2, 0.25) is 0 Å². The van der Waals surface area contributed by atoms with Crippen LogP contribution in [0.25, 0.3) is 11.7 Å². The number of hydrogen-bond acceptors (Lipinski definition) is 5. The molecule has 0 spiro atoms. The largest absolute Gasteiger partial charge is 0.481 e. The van der Waals surface area contributed by atoms with E-state index in [1.54, 1.807) is 12.3 Å². The van der Waals surface area contributed by atoms with Crippen LogP contribution in [0.4, 0.5) is 4.79 Å². The van der Waals surface area contributed by atoms with E-state index in [0.717, 1.165) is 34.5 Å². The molecule has 2 amide bonds. The zero-order chi connectivity index (χ0) is 16.3. The van der Waals surface area contributed by atoms with Gasteiger partial charge in [-0.3, -0.25) is 24.1 Å². The normalized spacial score (nSPS) is 15.6. The molecular formula is C13H10BrN3O4S. The summed E-state index contributed by atoms with van der Waals surface area (Å²) in [6.45, 7) is 1.08. The lowest BCUT2D eigenvalue weighted by molar-refractivity contribution is -0.134. The van der Waals surface area contributed by atoms with Crippen molar-refractivity contribution in [2.45, 2.75) is 6.92 Å². The number of carboxylic acid groups (broad SMARTS) is 1. The molecule has 0 unspecified atom stereocenters. The lowest BCUT2D eigenvalue weighted by Crippen LogP contribution is -2.17. The Morgan fingerprint density at radius 1 is 1.45 bits per heavy atom. The fraction of sp³-hybridized carbons (Fsp3) is 0.0769. The Morgan fingerprint density at radius 2 is 2.14 bits per heavy atom. The summed E-state index contributed by atoms with van der Waals surface area (Å²) in [5.74, 6) is -1.19. The van der Waals surface area contributed by atoms with Gasteiger partial charge >= 0.3 is 0 Å². The van der Waals surface area contributed by atoms with E-state index in [-0.39, 0.29) is 11.1 Å². The lowest BCUT2D eigenvalue weighted by atomic mass is 10.2. The number of rotatable bonds is 1. The van der Waals surface area contributed by atoms with Crippen molar-refractivity contribution >= 4 is 56.5 Å². The smallest absolute Gasteiger partial charge is 0.300 e. The van der Waals surface area contributed by atoms with Gasteiger partial charge in [0.1, 0.15) is 10.3 Å². The Morgan fingerprint density at radius 3 is 2.73 bits per heavy atom. The van der Waals surface area contributed by atoms with Crippen molar-refractivity contribution in [1.82, 2.24) is 14.7 Å². The molecule has 2 N–H and O–H groups in total. The first-order valence-electron chi connectivity index (χ1n) is 5.94. The van der Waals surface area contributed by atoms with Gasteiger partial charge in [0.05, 0.1) is 11.1 Å². The maximum absolute atomic E-state index is 11.4. The van der Waals surface area contributed by atoms with Crippen LogP contribution in [0.3, 0.4) is 0 Å². The van der Waals surface area contributed by atoms with E-state index in [0.29, 0.717) is 4.91 Å². The topological polar surface area (TPSA) is 101 Å². The molecule has 1 fully saturated rings. The van der Waals surface area contributed by atoms with Gasteiger partial charge in [0, 0.05) is 13.1 Å². The van der Waals surface area contributed by atoms with Crippen molar-refractivity contribution in [2.24, 2.45) is 0 Å². The number of aliphatic carboxylic acids is 1.